The summed E-state index contributed by atoms with van der Waals surface area (Å²) in [5.41, 5.74) is -1.32. The van der Waals surface area contributed by atoms with Gasteiger partial charge >= 0.3 is 6.18 Å². The quantitative estimate of drug-likeness (QED) is 0.332. The summed E-state index contributed by atoms with van der Waals surface area (Å²) >= 11 is 1.11. The molecule has 222 valence electrons. The number of ether oxygens (including phenoxy) is 1. The Kier molecular flexibility index (Phi) is 8.01. The second-order valence-electron chi connectivity index (χ2n) is 11.7. The van der Waals surface area contributed by atoms with Crippen LogP contribution >= 0.6 is 11.9 Å². The van der Waals surface area contributed by atoms with Crippen molar-refractivity contribution in [1.29, 1.82) is 0 Å². The van der Waals surface area contributed by atoms with Crippen molar-refractivity contribution in [3.05, 3.63) is 42.6 Å². The number of carbonyl (C=O) groups is 1. The first-order valence-electron chi connectivity index (χ1n) is 13.8. The number of nitrogens with zero attached hydrogens (tertiary/aromatic N) is 6. The Morgan fingerprint density at radius 1 is 1.27 bits per heavy atom. The summed E-state index contributed by atoms with van der Waals surface area (Å²) in [5, 5.41) is 11.5. The number of hydrazone groups is 1. The van der Waals surface area contributed by atoms with Crippen LogP contribution in [0.15, 0.2) is 42.2 Å². The van der Waals surface area contributed by atoms with Gasteiger partial charge in [0.15, 0.2) is 5.82 Å². The first-order chi connectivity index (χ1) is 19.4. The average Bonchev–Trinajstić information content (AvgIpc) is 3.47. The molecular weight excluding hydrogens is 555 g/mol. The molecule has 13 heteroatoms. The highest BCUT2D eigenvalue weighted by molar-refractivity contribution is 8.13. The number of hydrogen-bond donors (Lipinski definition) is 1. The number of alkyl halides is 3. The fourth-order valence-corrected chi connectivity index (χ4v) is 6.24. The van der Waals surface area contributed by atoms with Gasteiger partial charge < -0.3 is 9.64 Å². The fraction of sp³-hybridized carbons (Fsp3) is 0.571. The van der Waals surface area contributed by atoms with E-state index in [1.54, 1.807) is 35.2 Å². The maximum atomic E-state index is 13.4. The van der Waals surface area contributed by atoms with Crippen LogP contribution in [-0.4, -0.2) is 69.2 Å². The van der Waals surface area contributed by atoms with Crippen molar-refractivity contribution in [2.75, 3.05) is 31.6 Å². The Balaban J connectivity index is 1.35. The van der Waals surface area contributed by atoms with Gasteiger partial charge in [-0.1, -0.05) is 6.58 Å². The third-order valence-electron chi connectivity index (χ3n) is 8.18. The van der Waals surface area contributed by atoms with Crippen LogP contribution in [0.2, 0.25) is 0 Å². The summed E-state index contributed by atoms with van der Waals surface area (Å²) in [6, 6.07) is 5.12. The van der Waals surface area contributed by atoms with E-state index in [4.69, 9.17) is 9.72 Å². The number of hydrogen-bond acceptors (Lipinski definition) is 8. The molecule has 1 aliphatic carbocycles. The van der Waals surface area contributed by atoms with Gasteiger partial charge in [0.1, 0.15) is 10.9 Å². The van der Waals surface area contributed by atoms with Gasteiger partial charge in [-0.2, -0.15) is 18.3 Å². The van der Waals surface area contributed by atoms with E-state index in [2.05, 4.69) is 40.2 Å². The summed E-state index contributed by atoms with van der Waals surface area (Å²) < 4.78 is 49.6. The maximum Gasteiger partial charge on any atom is 0.394 e. The number of anilines is 1. The lowest BCUT2D eigenvalue weighted by Gasteiger charge is -2.34. The molecule has 0 aromatic carbocycles. The van der Waals surface area contributed by atoms with Crippen molar-refractivity contribution in [3.63, 3.8) is 0 Å². The van der Waals surface area contributed by atoms with Crippen LogP contribution in [0.25, 0.3) is 5.82 Å². The second kappa shape index (κ2) is 11.2. The highest BCUT2D eigenvalue weighted by atomic mass is 32.2. The van der Waals surface area contributed by atoms with E-state index in [9.17, 15) is 18.0 Å². The van der Waals surface area contributed by atoms with Gasteiger partial charge in [-0.25, -0.2) is 9.67 Å². The summed E-state index contributed by atoms with van der Waals surface area (Å²) in [5.74, 6) is 1.48. The van der Waals surface area contributed by atoms with Gasteiger partial charge in [0, 0.05) is 49.9 Å². The highest BCUT2D eigenvalue weighted by Gasteiger charge is 2.62. The van der Waals surface area contributed by atoms with E-state index in [0.717, 1.165) is 37.9 Å². The molecule has 2 fully saturated rings. The number of halogens is 3. The topological polar surface area (TPSA) is 87.9 Å². The van der Waals surface area contributed by atoms with Crippen molar-refractivity contribution < 1.29 is 22.7 Å². The standard InChI is InChI=1S/C28H36F3N7O2S/c1-5-23-34-36(4)14-9-19-17-26(2,3)37(18-19)24-20(25(39)35-41-23)7-8-21(32-24)38-15-10-22(33-38)40-16-6-11-27(12-13-27)28(29,30)31/h5,7-8,10,15,19H,1,6,9,11-14,16-18H2,2-4H3,(H,35,39)/b34-23+. The molecule has 0 spiro atoms. The summed E-state index contributed by atoms with van der Waals surface area (Å²) in [4.78, 5) is 20.5. The number of amides is 1. The predicted molar refractivity (Wildman–Crippen MR) is 153 cm³/mol. The van der Waals surface area contributed by atoms with E-state index in [1.165, 1.54) is 0 Å². The molecule has 1 N–H and O–H groups in total. The fourth-order valence-electron chi connectivity index (χ4n) is 5.67. The molecule has 2 aromatic heterocycles. The molecule has 0 radical (unpaired) electrons. The number of rotatable bonds is 7. The Hall–Kier alpha value is -3.22. The maximum absolute atomic E-state index is 13.4. The predicted octanol–water partition coefficient (Wildman–Crippen LogP) is 5.59. The average molecular weight is 592 g/mol. The van der Waals surface area contributed by atoms with Crippen LogP contribution in [0, 0.1) is 11.3 Å². The SMILES string of the molecule is C=C/C1=N\N(C)CCC2CN(c3nc(-n4ccc(OCCCC5(C(F)(F)F)CC5)n4)ccc3C(=O)NS1)C(C)(C)C2. The molecule has 2 aliphatic heterocycles. The van der Waals surface area contributed by atoms with E-state index in [1.807, 2.05) is 12.1 Å². The number of nitrogens with one attached hydrogen (secondary N) is 1. The summed E-state index contributed by atoms with van der Waals surface area (Å²) in [6.45, 7) is 9.80. The first-order valence-corrected chi connectivity index (χ1v) is 14.7. The van der Waals surface area contributed by atoms with Crippen molar-refractivity contribution in [1.82, 2.24) is 24.5 Å². The minimum absolute atomic E-state index is 0.0625. The molecule has 5 rings (SSSR count). The molecule has 9 nitrogen and oxygen atoms in total. The zero-order valence-corrected chi connectivity index (χ0v) is 24.4. The van der Waals surface area contributed by atoms with Gasteiger partial charge in [0.25, 0.3) is 5.91 Å². The largest absolute Gasteiger partial charge is 0.477 e. The normalized spacial score (nSPS) is 23.3. The van der Waals surface area contributed by atoms with Crippen molar-refractivity contribution in [2.45, 2.75) is 64.1 Å². The molecule has 1 saturated heterocycles. The minimum atomic E-state index is -4.16. The molecule has 41 heavy (non-hydrogen) atoms. The molecule has 1 amide bonds. The molecule has 2 aromatic rings. The van der Waals surface area contributed by atoms with Gasteiger partial charge in [0.05, 0.1) is 17.6 Å². The monoisotopic (exact) mass is 591 g/mol. The number of pyridine rings is 1. The summed E-state index contributed by atoms with van der Waals surface area (Å²) in [7, 11) is 1.92. The van der Waals surface area contributed by atoms with Crippen molar-refractivity contribution in [2.24, 2.45) is 16.4 Å². The molecule has 1 atom stereocenters. The highest BCUT2D eigenvalue weighted by Crippen LogP contribution is 2.60. The lowest BCUT2D eigenvalue weighted by Crippen LogP contribution is -2.40. The minimum Gasteiger partial charge on any atom is -0.477 e. The van der Waals surface area contributed by atoms with Crippen LogP contribution in [0.3, 0.4) is 0 Å². The van der Waals surface area contributed by atoms with Crippen molar-refractivity contribution >= 4 is 28.7 Å². The van der Waals surface area contributed by atoms with Crippen LogP contribution in [0.1, 0.15) is 62.7 Å². The number of fused-ring (bicyclic) bond motifs is 4. The third-order valence-corrected chi connectivity index (χ3v) is 8.92. The lowest BCUT2D eigenvalue weighted by molar-refractivity contribution is -0.189. The first kappa shape index (κ1) is 29.3. The third kappa shape index (κ3) is 6.34. The number of carbonyl (C=O) groups excluding carboxylic acids is 1. The van der Waals surface area contributed by atoms with E-state index < -0.39 is 11.6 Å². The van der Waals surface area contributed by atoms with Crippen LogP contribution < -0.4 is 14.4 Å². The Morgan fingerprint density at radius 2 is 2.05 bits per heavy atom. The zero-order chi connectivity index (χ0) is 29.4. The Morgan fingerprint density at radius 3 is 2.76 bits per heavy atom. The van der Waals surface area contributed by atoms with Gasteiger partial charge in [-0.15, -0.1) is 5.10 Å². The van der Waals surface area contributed by atoms with Crippen LogP contribution in [0.5, 0.6) is 5.88 Å². The smallest absolute Gasteiger partial charge is 0.394 e. The van der Waals surface area contributed by atoms with E-state index >= 15 is 0 Å². The lowest BCUT2D eigenvalue weighted by atomic mass is 9.94. The molecule has 2 bridgehead atoms. The van der Waals surface area contributed by atoms with Gasteiger partial charge in [0.2, 0.25) is 5.88 Å². The second-order valence-corrected chi connectivity index (χ2v) is 12.5. The molecule has 1 unspecified atom stereocenters. The zero-order valence-electron chi connectivity index (χ0n) is 23.6. The Bertz CT molecular complexity index is 1320. The van der Waals surface area contributed by atoms with Crippen LogP contribution in [-0.2, 0) is 0 Å². The van der Waals surface area contributed by atoms with Crippen molar-refractivity contribution in [3.8, 4) is 11.7 Å². The molecule has 1 saturated carbocycles. The van der Waals surface area contributed by atoms with Gasteiger partial charge in [-0.3, -0.25) is 14.5 Å². The van der Waals surface area contributed by atoms with E-state index in [0.29, 0.717) is 40.5 Å². The van der Waals surface area contributed by atoms with Crippen LogP contribution in [0.4, 0.5) is 19.0 Å². The summed E-state index contributed by atoms with van der Waals surface area (Å²) in [6.07, 6.45) is 1.78. The molecule has 3 aliphatic rings. The molecular formula is C28H36F3N7O2S. The molecule has 4 heterocycles. The van der Waals surface area contributed by atoms with Gasteiger partial charge in [-0.05, 0) is 76.5 Å². The number of aromatic nitrogens is 3. The van der Waals surface area contributed by atoms with E-state index in [-0.39, 0.29) is 37.3 Å². The Labute approximate surface area is 242 Å².